The molecule has 29 heteroatoms. The predicted octanol–water partition coefficient (Wildman–Crippen LogP) is 7.99. The lowest BCUT2D eigenvalue weighted by atomic mass is 10.0. The van der Waals surface area contributed by atoms with Crippen molar-refractivity contribution in [1.82, 2.24) is 74.8 Å². The number of nitrogen functional groups attached to an aromatic ring is 5. The largest absolute Gasteiger partial charge is 0.467 e. The standard InChI is InChI=1S/C13H17N5O2.C13H17N5O.C13H19N5O.C12H17N5.C11H15N5/c1-3-5-9(12(19)20-2)16-11-10-8(6-4-7-15-10)17-13(14)18-11;14-13-17-10-2-1-5-15-11(10)12(18-13)16-9(7-19)6-8-3-4-8;1-8(2)6-9(7-19)16-12-11-10(4-3-5-15-11)17-13(14)18-12;1-3-5-8(2)15-11-10-9(6-4-7-14-10)16-12(13)17-11;1-2-3-6-14-10-9-8(5-4-7-13-9)15-11(12)16-10/h4,6-7,9H,3,5H2,1-2H3,(H3,14,16,17,18);1-2,5,8-9,19H,3-4,6-7H2,(H3,14,16,17,18);3-5,8-9,19H,6-7H2,1-2H3,(H3,14,16,17,18);4,6-8H,3,5H2,1-2H3,(H3,13,15,16,17);4-5,7H,2-3,6H2,1H3,(H3,12,14,15,16)/t3*9-;;/m000../s1. The van der Waals surface area contributed by atoms with E-state index in [9.17, 15) is 15.0 Å². The third-order valence-corrected chi connectivity index (χ3v) is 13.9. The highest BCUT2D eigenvalue weighted by molar-refractivity contribution is 5.90. The number of aliphatic hydroxyl groups is 2. The molecule has 0 radical (unpaired) electrons. The van der Waals surface area contributed by atoms with Crippen LogP contribution < -0.4 is 55.3 Å². The summed E-state index contributed by atoms with van der Waals surface area (Å²) >= 11 is 0. The number of ether oxygens (including phenoxy) is 1. The van der Waals surface area contributed by atoms with Crippen molar-refractivity contribution in [3.05, 3.63) is 91.6 Å². The van der Waals surface area contributed by atoms with E-state index in [4.69, 9.17) is 33.4 Å². The fourth-order valence-corrected chi connectivity index (χ4v) is 9.49. The van der Waals surface area contributed by atoms with Gasteiger partial charge in [0.25, 0.3) is 0 Å². The van der Waals surface area contributed by atoms with Crippen LogP contribution in [-0.2, 0) is 9.53 Å². The topological polar surface area (TPSA) is 450 Å². The summed E-state index contributed by atoms with van der Waals surface area (Å²) in [5.74, 6) is 5.01. The van der Waals surface area contributed by atoms with E-state index in [1.54, 1.807) is 49.2 Å². The number of hydrogen-bond donors (Lipinski definition) is 12. The smallest absolute Gasteiger partial charge is 0.328 e. The van der Waals surface area contributed by atoms with E-state index >= 15 is 0 Å². The molecule has 1 fully saturated rings. The summed E-state index contributed by atoms with van der Waals surface area (Å²) in [7, 11) is 1.36. The Bertz CT molecular complexity index is 3830. The number of anilines is 10. The fraction of sp³-hybridized carbons (Fsp3) is 0.419. The van der Waals surface area contributed by atoms with Gasteiger partial charge < -0.3 is 70.2 Å². The predicted molar refractivity (Wildman–Crippen MR) is 360 cm³/mol. The number of hydrogen-bond acceptors (Lipinski definition) is 29. The van der Waals surface area contributed by atoms with Crippen LogP contribution in [0, 0.1) is 11.8 Å². The van der Waals surface area contributed by atoms with Gasteiger partial charge in [-0.3, -0.25) is 24.9 Å². The number of nitrogens with one attached hydrogen (secondary N) is 5. The van der Waals surface area contributed by atoms with E-state index in [2.05, 4.69) is 136 Å². The summed E-state index contributed by atoms with van der Waals surface area (Å²) in [5, 5.41) is 34.9. The van der Waals surface area contributed by atoms with Gasteiger partial charge in [-0.1, -0.05) is 66.7 Å². The normalized spacial score (nSPS) is 13.0. The molecule has 0 bridgehead atoms. The van der Waals surface area contributed by atoms with Crippen LogP contribution in [-0.4, -0.2) is 142 Å². The SMILES string of the molecule is CC(C)C[C@@H](CO)Nc1nc(N)nc2cccnc12.CCCC(C)Nc1nc(N)nc2cccnc12.CCCCNc1nc(N)nc2cccnc12.CCC[C@H](Nc1nc(N)nc2cccnc12)C(=O)OC.Nc1nc(N[C@H](CO)CC2CC2)c2ncccc2n1. The molecule has 11 rings (SSSR count). The number of aliphatic hydroxyl groups excluding tert-OH is 2. The number of carbonyl (C=O) groups is 1. The molecule has 1 aliphatic carbocycles. The molecule has 0 saturated heterocycles. The van der Waals surface area contributed by atoms with Crippen LogP contribution in [0.2, 0.25) is 0 Å². The molecule has 0 aromatic carbocycles. The maximum absolute atomic E-state index is 11.7. The van der Waals surface area contributed by atoms with Crippen molar-refractivity contribution in [3.63, 3.8) is 0 Å². The second kappa shape index (κ2) is 34.6. The number of pyridine rings is 5. The number of carbonyl (C=O) groups excluding carboxylic acids is 1. The van der Waals surface area contributed by atoms with Gasteiger partial charge in [-0.2, -0.15) is 24.9 Å². The lowest BCUT2D eigenvalue weighted by molar-refractivity contribution is -0.141. The van der Waals surface area contributed by atoms with Crippen LogP contribution >= 0.6 is 0 Å². The summed E-state index contributed by atoms with van der Waals surface area (Å²) in [6.45, 7) is 13.6. The molecule has 0 spiro atoms. The zero-order valence-corrected chi connectivity index (χ0v) is 52.6. The summed E-state index contributed by atoms with van der Waals surface area (Å²) in [5.41, 5.74) is 35.4. The average Bonchev–Trinajstić information content (AvgIpc) is 1.57. The number of nitrogens with two attached hydrogens (primary N) is 5. The molecule has 10 aromatic heterocycles. The first-order chi connectivity index (χ1) is 44.0. The minimum atomic E-state index is -0.482. The number of methoxy groups -OCH3 is 1. The zero-order chi connectivity index (χ0) is 65.2. The first kappa shape index (κ1) is 68.3. The van der Waals surface area contributed by atoms with Crippen molar-refractivity contribution < 1.29 is 19.7 Å². The van der Waals surface area contributed by atoms with Gasteiger partial charge in [0, 0.05) is 43.6 Å². The van der Waals surface area contributed by atoms with Gasteiger partial charge >= 0.3 is 5.97 Å². The Labute approximate surface area is 528 Å². The lowest BCUT2D eigenvalue weighted by Gasteiger charge is -2.19. The molecule has 17 N–H and O–H groups in total. The molecule has 1 saturated carbocycles. The Morgan fingerprint density at radius 1 is 0.505 bits per heavy atom. The molecule has 29 nitrogen and oxygen atoms in total. The summed E-state index contributed by atoms with van der Waals surface area (Å²) < 4.78 is 4.78. The Morgan fingerprint density at radius 2 is 0.868 bits per heavy atom. The minimum absolute atomic E-state index is 0.00740. The summed E-state index contributed by atoms with van der Waals surface area (Å²) in [6, 6.07) is 18.1. The summed E-state index contributed by atoms with van der Waals surface area (Å²) in [4.78, 5) is 74.6. The first-order valence-electron chi connectivity index (χ1n) is 30.5. The Hall–Kier alpha value is -10.2. The second-order valence-electron chi connectivity index (χ2n) is 22.0. The number of esters is 1. The van der Waals surface area contributed by atoms with Crippen LogP contribution in [0.25, 0.3) is 55.2 Å². The van der Waals surface area contributed by atoms with Gasteiger partial charge in [0.05, 0.1) is 60.0 Å². The molecule has 0 aliphatic heterocycles. The third-order valence-electron chi connectivity index (χ3n) is 13.9. The highest BCUT2D eigenvalue weighted by Crippen LogP contribution is 2.34. The molecule has 1 aliphatic rings. The zero-order valence-electron chi connectivity index (χ0n) is 52.6. The Kier molecular flexibility index (Phi) is 25.9. The van der Waals surface area contributed by atoms with E-state index in [-0.39, 0.29) is 61.0 Å². The number of unbranched alkanes of at least 4 members (excludes halogenated alkanes) is 1. The van der Waals surface area contributed by atoms with Crippen LogP contribution in [0.5, 0.6) is 0 Å². The van der Waals surface area contributed by atoms with Gasteiger partial charge in [0.2, 0.25) is 29.7 Å². The molecule has 1 unspecified atom stereocenters. The third kappa shape index (κ3) is 20.7. The van der Waals surface area contributed by atoms with Gasteiger partial charge in [0.15, 0.2) is 29.1 Å². The van der Waals surface area contributed by atoms with E-state index in [1.165, 1.54) is 20.0 Å². The molecule has 4 atom stereocenters. The molecule has 10 heterocycles. The molecule has 482 valence electrons. The van der Waals surface area contributed by atoms with Crippen molar-refractivity contribution >= 4 is 120 Å². The van der Waals surface area contributed by atoms with Gasteiger partial charge in [-0.25, -0.2) is 29.7 Å². The minimum Gasteiger partial charge on any atom is -0.467 e. The van der Waals surface area contributed by atoms with Crippen LogP contribution in [0.15, 0.2) is 91.6 Å². The Balaban J connectivity index is 0.000000162. The van der Waals surface area contributed by atoms with Crippen LogP contribution in [0.4, 0.5) is 58.8 Å². The van der Waals surface area contributed by atoms with E-state index in [0.29, 0.717) is 74.8 Å². The monoisotopic (exact) mass is 1240 g/mol. The highest BCUT2D eigenvalue weighted by atomic mass is 16.5. The lowest BCUT2D eigenvalue weighted by Crippen LogP contribution is -2.31. The molecule has 10 aromatic rings. The summed E-state index contributed by atoms with van der Waals surface area (Å²) in [6.07, 6.45) is 18.7. The molecular weight excluding hydrogens is 1160 g/mol. The number of fused-ring (bicyclic) bond motifs is 5. The first-order valence-corrected chi connectivity index (χ1v) is 30.5. The van der Waals surface area contributed by atoms with Crippen molar-refractivity contribution in [2.24, 2.45) is 11.8 Å². The Morgan fingerprint density at radius 3 is 1.22 bits per heavy atom. The molecule has 0 amide bonds. The van der Waals surface area contributed by atoms with Crippen LogP contribution in [0.1, 0.15) is 106 Å². The number of nitrogens with zero attached hydrogens (tertiary/aromatic N) is 15. The highest BCUT2D eigenvalue weighted by Gasteiger charge is 2.26. The van der Waals surface area contributed by atoms with E-state index < -0.39 is 6.04 Å². The second-order valence-corrected chi connectivity index (χ2v) is 22.0. The molecular formula is C62H85N25O4. The van der Waals surface area contributed by atoms with Gasteiger partial charge in [0.1, 0.15) is 33.6 Å². The van der Waals surface area contributed by atoms with Crippen molar-refractivity contribution in [2.75, 3.05) is 82.1 Å². The maximum atomic E-state index is 11.7. The fourth-order valence-electron chi connectivity index (χ4n) is 9.49. The van der Waals surface area contributed by atoms with E-state index in [1.807, 2.05) is 49.4 Å². The molecule has 91 heavy (non-hydrogen) atoms. The number of aromatic nitrogens is 15. The van der Waals surface area contributed by atoms with Crippen LogP contribution in [0.3, 0.4) is 0 Å². The number of rotatable bonds is 23. The van der Waals surface area contributed by atoms with Crippen molar-refractivity contribution in [3.8, 4) is 0 Å². The van der Waals surface area contributed by atoms with Gasteiger partial charge in [-0.15, -0.1) is 0 Å². The van der Waals surface area contributed by atoms with Gasteiger partial charge in [-0.05, 0) is 112 Å². The maximum Gasteiger partial charge on any atom is 0.328 e. The van der Waals surface area contributed by atoms with Crippen molar-refractivity contribution in [1.29, 1.82) is 0 Å². The quantitative estimate of drug-likeness (QED) is 0.0213. The van der Waals surface area contributed by atoms with E-state index in [0.717, 1.165) is 85.3 Å². The average molecular weight is 1240 g/mol. The van der Waals surface area contributed by atoms with Crippen molar-refractivity contribution in [2.45, 2.75) is 130 Å².